The van der Waals surface area contributed by atoms with Crippen molar-refractivity contribution in [3.05, 3.63) is 34.8 Å². The van der Waals surface area contributed by atoms with Crippen molar-refractivity contribution in [2.75, 3.05) is 6.54 Å². The van der Waals surface area contributed by atoms with Crippen LogP contribution in [0.1, 0.15) is 33.3 Å². The number of nitrogens with zero attached hydrogens (tertiary/aromatic N) is 2. The number of amides is 1. The van der Waals surface area contributed by atoms with Crippen LogP contribution in [0.3, 0.4) is 0 Å². The number of hydrogen-bond donors (Lipinski definition) is 2. The summed E-state index contributed by atoms with van der Waals surface area (Å²) in [5, 5.41) is 9.34. The van der Waals surface area contributed by atoms with Crippen molar-refractivity contribution >= 4 is 5.91 Å². The molecule has 2 rings (SSSR count). The Bertz CT molecular complexity index is 543. The number of H-pyrrole nitrogens is 1. The second-order valence-corrected chi connectivity index (χ2v) is 4.15. The molecule has 6 heteroatoms. The third-order valence-corrected chi connectivity index (χ3v) is 2.90. The maximum absolute atomic E-state index is 12.0. The van der Waals surface area contributed by atoms with E-state index in [-0.39, 0.29) is 5.91 Å². The highest BCUT2D eigenvalue weighted by Gasteiger charge is 2.17. The van der Waals surface area contributed by atoms with E-state index in [0.29, 0.717) is 24.3 Å². The summed E-state index contributed by atoms with van der Waals surface area (Å²) in [6.07, 6.45) is 2.07. The van der Waals surface area contributed by atoms with Gasteiger partial charge in [-0.1, -0.05) is 0 Å². The molecule has 0 aromatic carbocycles. The van der Waals surface area contributed by atoms with Gasteiger partial charge in [0, 0.05) is 18.5 Å². The summed E-state index contributed by atoms with van der Waals surface area (Å²) in [7, 11) is 0. The molecule has 0 saturated carbocycles. The first-order valence-electron chi connectivity index (χ1n) is 5.78. The quantitative estimate of drug-likeness (QED) is 0.854. The number of hydrogen-bond acceptors (Lipinski definition) is 4. The maximum Gasteiger partial charge on any atom is 0.255 e. The van der Waals surface area contributed by atoms with Crippen molar-refractivity contribution in [3.8, 4) is 0 Å². The summed E-state index contributed by atoms with van der Waals surface area (Å²) in [6.45, 7) is 6.05. The van der Waals surface area contributed by atoms with Gasteiger partial charge in [-0.3, -0.25) is 9.89 Å². The zero-order chi connectivity index (χ0) is 13.1. The summed E-state index contributed by atoms with van der Waals surface area (Å²) in [6, 6.07) is 0. The van der Waals surface area contributed by atoms with Crippen molar-refractivity contribution in [3.63, 3.8) is 0 Å². The van der Waals surface area contributed by atoms with Gasteiger partial charge in [-0.15, -0.1) is 0 Å². The van der Waals surface area contributed by atoms with E-state index < -0.39 is 0 Å². The molecule has 2 aromatic rings. The summed E-state index contributed by atoms with van der Waals surface area (Å²) in [5.41, 5.74) is 1.52. The number of aryl methyl sites for hydroxylation is 2. The average Bonchev–Trinajstić information content (AvgIpc) is 2.89. The summed E-state index contributed by atoms with van der Waals surface area (Å²) >= 11 is 0. The number of furan rings is 1. The third-order valence-electron chi connectivity index (χ3n) is 2.90. The minimum atomic E-state index is -0.110. The zero-order valence-electron chi connectivity index (χ0n) is 10.7. The molecule has 0 aliphatic carbocycles. The monoisotopic (exact) mass is 248 g/mol. The molecular weight excluding hydrogens is 232 g/mol. The van der Waals surface area contributed by atoms with Crippen LogP contribution in [0.25, 0.3) is 0 Å². The van der Waals surface area contributed by atoms with Crippen LogP contribution in [0.15, 0.2) is 10.7 Å². The van der Waals surface area contributed by atoms with Crippen LogP contribution in [-0.4, -0.2) is 27.6 Å². The van der Waals surface area contributed by atoms with Crippen LogP contribution >= 0.6 is 0 Å². The Balaban J connectivity index is 1.95. The van der Waals surface area contributed by atoms with E-state index in [0.717, 1.165) is 17.1 Å². The lowest BCUT2D eigenvalue weighted by atomic mass is 10.1. The van der Waals surface area contributed by atoms with Gasteiger partial charge in [0.05, 0.1) is 5.56 Å². The molecule has 2 aromatic heterocycles. The fraction of sp³-hybridized carbons (Fsp3) is 0.417. The van der Waals surface area contributed by atoms with Gasteiger partial charge >= 0.3 is 0 Å². The highest BCUT2D eigenvalue weighted by Crippen LogP contribution is 2.20. The molecule has 0 aliphatic heterocycles. The van der Waals surface area contributed by atoms with E-state index in [1.54, 1.807) is 6.92 Å². The van der Waals surface area contributed by atoms with Crippen molar-refractivity contribution in [1.82, 2.24) is 20.5 Å². The van der Waals surface area contributed by atoms with Gasteiger partial charge in [0.15, 0.2) is 0 Å². The molecule has 96 valence electrons. The lowest BCUT2D eigenvalue weighted by molar-refractivity contribution is 0.0952. The van der Waals surface area contributed by atoms with Crippen molar-refractivity contribution in [1.29, 1.82) is 0 Å². The van der Waals surface area contributed by atoms with Gasteiger partial charge in [-0.25, -0.2) is 4.98 Å². The Labute approximate surface area is 105 Å². The number of aromatic amines is 1. The Morgan fingerprint density at radius 3 is 2.72 bits per heavy atom. The number of rotatable bonds is 4. The van der Waals surface area contributed by atoms with Crippen LogP contribution < -0.4 is 5.32 Å². The first-order chi connectivity index (χ1) is 8.59. The fourth-order valence-corrected chi connectivity index (χ4v) is 1.86. The number of carbonyl (C=O) groups is 1. The molecule has 2 heterocycles. The predicted molar refractivity (Wildman–Crippen MR) is 65.3 cm³/mol. The Hall–Kier alpha value is -2.11. The first kappa shape index (κ1) is 12.3. The molecule has 0 bridgehead atoms. The lowest BCUT2D eigenvalue weighted by Gasteiger charge is -2.03. The minimum Gasteiger partial charge on any atom is -0.466 e. The number of carbonyl (C=O) groups excluding carboxylic acids is 1. The van der Waals surface area contributed by atoms with Gasteiger partial charge in [-0.2, -0.15) is 5.10 Å². The van der Waals surface area contributed by atoms with Crippen LogP contribution in [0.5, 0.6) is 0 Å². The van der Waals surface area contributed by atoms with Crippen molar-refractivity contribution in [2.24, 2.45) is 0 Å². The van der Waals surface area contributed by atoms with Gasteiger partial charge in [0.25, 0.3) is 5.91 Å². The average molecular weight is 248 g/mol. The second-order valence-electron chi connectivity index (χ2n) is 4.15. The van der Waals surface area contributed by atoms with Crippen molar-refractivity contribution in [2.45, 2.75) is 27.2 Å². The van der Waals surface area contributed by atoms with E-state index in [1.165, 1.54) is 6.33 Å². The Morgan fingerprint density at radius 2 is 2.17 bits per heavy atom. The normalized spacial score (nSPS) is 10.6. The molecule has 0 fully saturated rings. The number of aromatic nitrogens is 3. The summed E-state index contributed by atoms with van der Waals surface area (Å²) in [5.74, 6) is 2.09. The summed E-state index contributed by atoms with van der Waals surface area (Å²) < 4.78 is 5.43. The molecule has 0 radical (unpaired) electrons. The largest absolute Gasteiger partial charge is 0.466 e. The van der Waals surface area contributed by atoms with E-state index in [2.05, 4.69) is 20.5 Å². The van der Waals surface area contributed by atoms with Gasteiger partial charge in [0.1, 0.15) is 23.7 Å². The molecule has 0 atom stereocenters. The fourth-order valence-electron chi connectivity index (χ4n) is 1.86. The van der Waals surface area contributed by atoms with Gasteiger partial charge in [-0.05, 0) is 20.8 Å². The molecule has 0 saturated heterocycles. The highest BCUT2D eigenvalue weighted by atomic mass is 16.3. The number of nitrogens with one attached hydrogen (secondary N) is 2. The third kappa shape index (κ3) is 2.42. The Morgan fingerprint density at radius 1 is 1.39 bits per heavy atom. The van der Waals surface area contributed by atoms with E-state index in [4.69, 9.17) is 4.42 Å². The van der Waals surface area contributed by atoms with Crippen LogP contribution in [-0.2, 0) is 6.42 Å². The highest BCUT2D eigenvalue weighted by molar-refractivity contribution is 5.96. The molecule has 1 amide bonds. The van der Waals surface area contributed by atoms with E-state index in [1.807, 2.05) is 13.8 Å². The zero-order valence-corrected chi connectivity index (χ0v) is 10.7. The van der Waals surface area contributed by atoms with E-state index >= 15 is 0 Å². The smallest absolute Gasteiger partial charge is 0.255 e. The van der Waals surface area contributed by atoms with Crippen molar-refractivity contribution < 1.29 is 9.21 Å². The van der Waals surface area contributed by atoms with E-state index in [9.17, 15) is 4.79 Å². The van der Waals surface area contributed by atoms with Crippen LogP contribution in [0, 0.1) is 20.8 Å². The molecule has 18 heavy (non-hydrogen) atoms. The standard InChI is InChI=1S/C12H16N4O2/c1-7-8(2)18-9(3)11(7)12(17)13-5-4-10-14-6-15-16-10/h6H,4-5H2,1-3H3,(H,13,17)(H,14,15,16). The van der Waals surface area contributed by atoms with Crippen LogP contribution in [0.4, 0.5) is 0 Å². The van der Waals surface area contributed by atoms with Gasteiger partial charge in [0.2, 0.25) is 0 Å². The first-order valence-corrected chi connectivity index (χ1v) is 5.78. The summed E-state index contributed by atoms with van der Waals surface area (Å²) in [4.78, 5) is 16.0. The Kier molecular flexibility index (Phi) is 3.45. The maximum atomic E-state index is 12.0. The molecule has 0 aliphatic rings. The molecule has 2 N–H and O–H groups in total. The lowest BCUT2D eigenvalue weighted by Crippen LogP contribution is -2.26. The predicted octanol–water partition coefficient (Wildman–Crippen LogP) is 1.30. The minimum absolute atomic E-state index is 0.110. The molecule has 0 spiro atoms. The SMILES string of the molecule is Cc1oc(C)c(C(=O)NCCc2ncn[nH]2)c1C. The second kappa shape index (κ2) is 5.03. The molecule has 0 unspecified atom stereocenters. The molecular formula is C12H16N4O2. The van der Waals surface area contributed by atoms with Crippen LogP contribution in [0.2, 0.25) is 0 Å². The van der Waals surface area contributed by atoms with Gasteiger partial charge < -0.3 is 9.73 Å². The topological polar surface area (TPSA) is 83.8 Å². The molecule has 6 nitrogen and oxygen atoms in total.